The highest BCUT2D eigenvalue weighted by Crippen LogP contribution is 2.18. The number of carbonyl (C=O) groups excluding carboxylic acids is 2. The van der Waals surface area contributed by atoms with Crippen LogP contribution in [0, 0.1) is 5.82 Å². The maximum absolute atomic E-state index is 13.2. The molecule has 3 nitrogen and oxygen atoms in total. The SMILES string of the molecule is O=C1C=C(OC(=O)c2ccccc2F)CC1. The molecular formula is C12H9FO3. The minimum absolute atomic E-state index is 0.0728. The third kappa shape index (κ3) is 2.16. The van der Waals surface area contributed by atoms with Crippen LogP contribution in [-0.4, -0.2) is 11.8 Å². The number of ketones is 1. The molecule has 0 bridgehead atoms. The minimum atomic E-state index is -0.765. The van der Waals surface area contributed by atoms with Crippen molar-refractivity contribution in [2.45, 2.75) is 12.8 Å². The molecular weight excluding hydrogens is 211 g/mol. The van der Waals surface area contributed by atoms with Gasteiger partial charge in [-0.1, -0.05) is 12.1 Å². The molecule has 0 fully saturated rings. The van der Waals surface area contributed by atoms with Crippen LogP contribution >= 0.6 is 0 Å². The van der Waals surface area contributed by atoms with Gasteiger partial charge in [0.05, 0.1) is 5.56 Å². The van der Waals surface area contributed by atoms with Gasteiger partial charge in [0, 0.05) is 18.9 Å². The molecule has 1 aliphatic carbocycles. The summed E-state index contributed by atoms with van der Waals surface area (Å²) in [6.07, 6.45) is 2.03. The van der Waals surface area contributed by atoms with Gasteiger partial charge < -0.3 is 4.74 Å². The van der Waals surface area contributed by atoms with E-state index < -0.39 is 11.8 Å². The van der Waals surface area contributed by atoms with Gasteiger partial charge in [0.1, 0.15) is 11.6 Å². The highest BCUT2D eigenvalue weighted by Gasteiger charge is 2.19. The normalized spacial score (nSPS) is 14.8. The number of ether oxygens (including phenoxy) is 1. The summed E-state index contributed by atoms with van der Waals surface area (Å²) in [5.41, 5.74) is -0.122. The molecule has 0 amide bonds. The Balaban J connectivity index is 2.12. The molecule has 16 heavy (non-hydrogen) atoms. The van der Waals surface area contributed by atoms with Crippen molar-refractivity contribution in [1.82, 2.24) is 0 Å². The maximum Gasteiger partial charge on any atom is 0.346 e. The molecule has 0 heterocycles. The number of hydrogen-bond acceptors (Lipinski definition) is 3. The van der Waals surface area contributed by atoms with Gasteiger partial charge in [-0.05, 0) is 12.1 Å². The summed E-state index contributed by atoms with van der Waals surface area (Å²) in [4.78, 5) is 22.4. The Kier molecular flexibility index (Phi) is 2.81. The summed E-state index contributed by atoms with van der Waals surface area (Å²) >= 11 is 0. The fourth-order valence-electron chi connectivity index (χ4n) is 1.45. The number of hydrogen-bond donors (Lipinski definition) is 0. The molecule has 82 valence electrons. The highest BCUT2D eigenvalue weighted by atomic mass is 19.1. The van der Waals surface area contributed by atoms with E-state index in [1.165, 1.54) is 24.3 Å². The van der Waals surface area contributed by atoms with Crippen molar-refractivity contribution in [3.63, 3.8) is 0 Å². The first-order valence-electron chi connectivity index (χ1n) is 4.87. The molecule has 0 radical (unpaired) electrons. The van der Waals surface area contributed by atoms with Gasteiger partial charge in [-0.25, -0.2) is 9.18 Å². The van der Waals surface area contributed by atoms with Crippen LogP contribution in [0.1, 0.15) is 23.2 Å². The van der Waals surface area contributed by atoms with Crippen molar-refractivity contribution in [2.24, 2.45) is 0 Å². The average molecular weight is 220 g/mol. The summed E-state index contributed by atoms with van der Waals surface area (Å²) in [7, 11) is 0. The minimum Gasteiger partial charge on any atom is -0.427 e. The van der Waals surface area contributed by atoms with E-state index in [1.807, 2.05) is 0 Å². The fraction of sp³-hybridized carbons (Fsp3) is 0.167. The molecule has 0 aliphatic heterocycles. The van der Waals surface area contributed by atoms with Gasteiger partial charge in [-0.2, -0.15) is 0 Å². The molecule has 0 unspecified atom stereocenters. The Labute approximate surface area is 91.5 Å². The molecule has 4 heteroatoms. The first kappa shape index (κ1) is 10.5. The smallest absolute Gasteiger partial charge is 0.346 e. The maximum atomic E-state index is 13.2. The van der Waals surface area contributed by atoms with Gasteiger partial charge in [0.25, 0.3) is 0 Å². The fourth-order valence-corrected chi connectivity index (χ4v) is 1.45. The zero-order chi connectivity index (χ0) is 11.5. The predicted octanol–water partition coefficient (Wildman–Crippen LogP) is 2.23. The number of allylic oxidation sites excluding steroid dienone is 2. The number of rotatable bonds is 2. The van der Waals surface area contributed by atoms with Gasteiger partial charge in [0.2, 0.25) is 0 Å². The Bertz CT molecular complexity index is 477. The summed E-state index contributed by atoms with van der Waals surface area (Å²) in [6, 6.07) is 5.57. The second kappa shape index (κ2) is 4.26. The quantitative estimate of drug-likeness (QED) is 0.718. The standard InChI is InChI=1S/C12H9FO3/c13-11-4-2-1-3-10(11)12(15)16-9-6-5-8(14)7-9/h1-4,7H,5-6H2. The monoisotopic (exact) mass is 220 g/mol. The van der Waals surface area contributed by atoms with E-state index in [-0.39, 0.29) is 11.3 Å². The van der Waals surface area contributed by atoms with E-state index in [4.69, 9.17) is 4.74 Å². The number of benzene rings is 1. The van der Waals surface area contributed by atoms with E-state index in [0.717, 1.165) is 0 Å². The Morgan fingerprint density at radius 3 is 2.62 bits per heavy atom. The zero-order valence-corrected chi connectivity index (χ0v) is 8.40. The molecule has 0 atom stereocenters. The van der Waals surface area contributed by atoms with Crippen LogP contribution in [0.15, 0.2) is 36.1 Å². The van der Waals surface area contributed by atoms with Gasteiger partial charge in [0.15, 0.2) is 5.78 Å². The zero-order valence-electron chi connectivity index (χ0n) is 8.40. The summed E-state index contributed by atoms with van der Waals surface area (Å²) in [6.45, 7) is 0. The van der Waals surface area contributed by atoms with Crippen LogP contribution in [0.25, 0.3) is 0 Å². The summed E-state index contributed by atoms with van der Waals surface area (Å²) in [5.74, 6) is -1.16. The molecule has 0 aromatic heterocycles. The lowest BCUT2D eigenvalue weighted by molar-refractivity contribution is -0.114. The lowest BCUT2D eigenvalue weighted by Crippen LogP contribution is -2.06. The number of carbonyl (C=O) groups is 2. The highest BCUT2D eigenvalue weighted by molar-refractivity contribution is 5.95. The van der Waals surface area contributed by atoms with Crippen LogP contribution in [0.3, 0.4) is 0 Å². The predicted molar refractivity (Wildman–Crippen MR) is 54.1 cm³/mol. The molecule has 2 rings (SSSR count). The van der Waals surface area contributed by atoms with E-state index in [9.17, 15) is 14.0 Å². The molecule has 0 N–H and O–H groups in total. The van der Waals surface area contributed by atoms with E-state index in [2.05, 4.69) is 0 Å². The van der Waals surface area contributed by atoms with Gasteiger partial charge in [-0.3, -0.25) is 4.79 Å². The van der Waals surface area contributed by atoms with Crippen molar-refractivity contribution in [3.05, 3.63) is 47.5 Å². The average Bonchev–Trinajstić information content (AvgIpc) is 2.64. The molecule has 1 aliphatic rings. The van der Waals surface area contributed by atoms with Gasteiger partial charge in [-0.15, -0.1) is 0 Å². The number of halogens is 1. The van der Waals surface area contributed by atoms with Crippen LogP contribution in [-0.2, 0) is 9.53 Å². The first-order chi connectivity index (χ1) is 7.66. The van der Waals surface area contributed by atoms with Gasteiger partial charge >= 0.3 is 5.97 Å². The van der Waals surface area contributed by atoms with Crippen LogP contribution < -0.4 is 0 Å². The van der Waals surface area contributed by atoms with Crippen molar-refractivity contribution in [1.29, 1.82) is 0 Å². The molecule has 0 saturated carbocycles. The third-order valence-electron chi connectivity index (χ3n) is 2.26. The largest absolute Gasteiger partial charge is 0.427 e. The Morgan fingerprint density at radius 2 is 2.00 bits per heavy atom. The number of esters is 1. The molecule has 0 saturated heterocycles. The van der Waals surface area contributed by atoms with Crippen LogP contribution in [0.4, 0.5) is 4.39 Å². The second-order valence-corrected chi connectivity index (χ2v) is 3.45. The van der Waals surface area contributed by atoms with Crippen molar-refractivity contribution in [3.8, 4) is 0 Å². The van der Waals surface area contributed by atoms with E-state index >= 15 is 0 Å². The topological polar surface area (TPSA) is 43.4 Å². The summed E-state index contributed by atoms with van der Waals surface area (Å²) < 4.78 is 18.1. The van der Waals surface area contributed by atoms with Crippen molar-refractivity contribution >= 4 is 11.8 Å². The molecule has 0 spiro atoms. The second-order valence-electron chi connectivity index (χ2n) is 3.45. The first-order valence-corrected chi connectivity index (χ1v) is 4.87. The lowest BCUT2D eigenvalue weighted by Gasteiger charge is -2.04. The summed E-state index contributed by atoms with van der Waals surface area (Å²) in [5, 5.41) is 0. The van der Waals surface area contributed by atoms with Crippen molar-refractivity contribution in [2.75, 3.05) is 0 Å². The molecule has 1 aromatic carbocycles. The molecule has 1 aromatic rings. The van der Waals surface area contributed by atoms with E-state index in [1.54, 1.807) is 6.07 Å². The van der Waals surface area contributed by atoms with Crippen LogP contribution in [0.2, 0.25) is 0 Å². The lowest BCUT2D eigenvalue weighted by atomic mass is 10.2. The van der Waals surface area contributed by atoms with Crippen molar-refractivity contribution < 1.29 is 18.7 Å². The Morgan fingerprint density at radius 1 is 1.25 bits per heavy atom. The van der Waals surface area contributed by atoms with E-state index in [0.29, 0.717) is 18.6 Å². The van der Waals surface area contributed by atoms with Crippen LogP contribution in [0.5, 0.6) is 0 Å². The Hall–Kier alpha value is -1.97. The third-order valence-corrected chi connectivity index (χ3v) is 2.26.